The minimum Gasteiger partial charge on any atom is -0.228 e. The number of nitrogens with zero attached hydrogens (tertiary/aromatic N) is 3. The molecule has 0 N–H and O–H groups in total. The molecule has 1 heterocycles. The molecule has 4 rings (SSSR count). The summed E-state index contributed by atoms with van der Waals surface area (Å²) in [5, 5.41) is 9.53. The van der Waals surface area contributed by atoms with E-state index < -0.39 is 0 Å². The molecule has 0 unspecified atom stereocenters. The summed E-state index contributed by atoms with van der Waals surface area (Å²) in [7, 11) is 0. The Bertz CT molecular complexity index is 1150. The van der Waals surface area contributed by atoms with E-state index in [0.29, 0.717) is 16.5 Å². The van der Waals surface area contributed by atoms with Gasteiger partial charge in [-0.2, -0.15) is 5.26 Å². The van der Waals surface area contributed by atoms with Gasteiger partial charge in [0.25, 0.3) is 0 Å². The van der Waals surface area contributed by atoms with Crippen LogP contribution in [0.15, 0.2) is 84.9 Å². The molecule has 0 saturated heterocycles. The number of hydrogen-bond donors (Lipinski definition) is 0. The van der Waals surface area contributed by atoms with Crippen LogP contribution in [-0.2, 0) is 0 Å². The third-order valence-electron chi connectivity index (χ3n) is 4.21. The molecule has 3 nitrogen and oxygen atoms in total. The minimum atomic E-state index is 0.399. The van der Waals surface area contributed by atoms with Crippen molar-refractivity contribution in [1.82, 2.24) is 9.97 Å². The standard InChI is InChI=1S/C23H14ClN3/c24-22-14-21(17-7-2-1-3-8-17)26-23(27-22)20-11-5-10-19(13-20)18-9-4-6-16(12-18)15-25/h1-14H. The van der Waals surface area contributed by atoms with Gasteiger partial charge in [-0.05, 0) is 29.3 Å². The van der Waals surface area contributed by atoms with Crippen LogP contribution in [0.1, 0.15) is 5.56 Å². The average molecular weight is 368 g/mol. The number of nitriles is 1. The highest BCUT2D eigenvalue weighted by atomic mass is 35.5. The minimum absolute atomic E-state index is 0.399. The van der Waals surface area contributed by atoms with Gasteiger partial charge in [0.2, 0.25) is 0 Å². The molecule has 0 radical (unpaired) electrons. The number of hydrogen-bond acceptors (Lipinski definition) is 3. The van der Waals surface area contributed by atoms with E-state index in [9.17, 15) is 0 Å². The molecule has 128 valence electrons. The van der Waals surface area contributed by atoms with E-state index in [-0.39, 0.29) is 0 Å². The van der Waals surface area contributed by atoms with Crippen molar-refractivity contribution in [3.8, 4) is 39.8 Å². The molecular weight excluding hydrogens is 354 g/mol. The highest BCUT2D eigenvalue weighted by molar-refractivity contribution is 6.29. The van der Waals surface area contributed by atoms with Gasteiger partial charge in [-0.1, -0.05) is 72.3 Å². The second-order valence-electron chi connectivity index (χ2n) is 6.04. The van der Waals surface area contributed by atoms with Gasteiger partial charge in [0.05, 0.1) is 17.3 Å². The van der Waals surface area contributed by atoms with Crippen LogP contribution >= 0.6 is 11.6 Å². The Hall–Kier alpha value is -3.48. The molecule has 0 saturated carbocycles. The number of benzene rings is 3. The summed E-state index contributed by atoms with van der Waals surface area (Å²) in [5.41, 5.74) is 5.23. The number of aromatic nitrogens is 2. The van der Waals surface area contributed by atoms with Crippen molar-refractivity contribution in [2.24, 2.45) is 0 Å². The Kier molecular flexibility index (Phi) is 4.65. The van der Waals surface area contributed by atoms with Crippen LogP contribution in [-0.4, -0.2) is 9.97 Å². The molecule has 0 aliphatic carbocycles. The van der Waals surface area contributed by atoms with E-state index in [4.69, 9.17) is 21.8 Å². The third-order valence-corrected chi connectivity index (χ3v) is 4.40. The zero-order valence-electron chi connectivity index (χ0n) is 14.3. The highest BCUT2D eigenvalue weighted by Gasteiger charge is 2.09. The Morgan fingerprint density at radius 2 is 1.33 bits per heavy atom. The summed E-state index contributed by atoms with van der Waals surface area (Å²) >= 11 is 6.26. The normalized spacial score (nSPS) is 10.4. The Morgan fingerprint density at radius 3 is 2.11 bits per heavy atom. The first-order chi connectivity index (χ1) is 13.2. The average Bonchev–Trinajstić information content (AvgIpc) is 2.74. The zero-order valence-corrected chi connectivity index (χ0v) is 15.1. The molecule has 4 aromatic rings. The highest BCUT2D eigenvalue weighted by Crippen LogP contribution is 2.28. The Balaban J connectivity index is 1.78. The van der Waals surface area contributed by atoms with Gasteiger partial charge in [0, 0.05) is 17.2 Å². The summed E-state index contributed by atoms with van der Waals surface area (Å²) in [6.45, 7) is 0. The van der Waals surface area contributed by atoms with Crippen molar-refractivity contribution in [2.75, 3.05) is 0 Å². The first-order valence-corrected chi connectivity index (χ1v) is 8.82. The van der Waals surface area contributed by atoms with Gasteiger partial charge in [-0.3, -0.25) is 0 Å². The van der Waals surface area contributed by atoms with Crippen molar-refractivity contribution < 1.29 is 0 Å². The maximum atomic E-state index is 9.13. The smallest absolute Gasteiger partial charge is 0.161 e. The summed E-state index contributed by atoms with van der Waals surface area (Å²) in [6, 6.07) is 29.3. The van der Waals surface area contributed by atoms with Gasteiger partial charge in [0.15, 0.2) is 5.82 Å². The lowest BCUT2D eigenvalue weighted by atomic mass is 10.0. The number of rotatable bonds is 3. The van der Waals surface area contributed by atoms with Crippen LogP contribution in [0.4, 0.5) is 0 Å². The molecule has 27 heavy (non-hydrogen) atoms. The van der Waals surface area contributed by atoms with Crippen LogP contribution in [0.2, 0.25) is 5.15 Å². The molecule has 4 heteroatoms. The summed E-state index contributed by atoms with van der Waals surface area (Å²) in [6.07, 6.45) is 0. The van der Waals surface area contributed by atoms with E-state index in [0.717, 1.165) is 27.9 Å². The fourth-order valence-corrected chi connectivity index (χ4v) is 3.09. The molecule has 0 bridgehead atoms. The van der Waals surface area contributed by atoms with Gasteiger partial charge in [-0.25, -0.2) is 9.97 Å². The van der Waals surface area contributed by atoms with E-state index in [2.05, 4.69) is 11.1 Å². The van der Waals surface area contributed by atoms with E-state index in [1.165, 1.54) is 0 Å². The fraction of sp³-hybridized carbons (Fsp3) is 0. The molecule has 0 fully saturated rings. The second kappa shape index (κ2) is 7.41. The molecular formula is C23H14ClN3. The lowest BCUT2D eigenvalue weighted by molar-refractivity contribution is 1.18. The summed E-state index contributed by atoms with van der Waals surface area (Å²) in [5.74, 6) is 0.569. The van der Waals surface area contributed by atoms with Crippen LogP contribution in [0.3, 0.4) is 0 Å². The summed E-state index contributed by atoms with van der Waals surface area (Å²) in [4.78, 5) is 9.09. The van der Waals surface area contributed by atoms with Gasteiger partial charge < -0.3 is 0 Å². The predicted molar refractivity (Wildman–Crippen MR) is 108 cm³/mol. The third kappa shape index (κ3) is 3.72. The quantitative estimate of drug-likeness (QED) is 0.417. The SMILES string of the molecule is N#Cc1cccc(-c2cccc(-c3nc(Cl)cc(-c4ccccc4)n3)c2)c1. The lowest BCUT2D eigenvalue weighted by Gasteiger charge is -2.08. The van der Waals surface area contributed by atoms with Crippen molar-refractivity contribution in [3.05, 3.63) is 95.6 Å². The van der Waals surface area contributed by atoms with Crippen molar-refractivity contribution in [2.45, 2.75) is 0 Å². The maximum Gasteiger partial charge on any atom is 0.161 e. The fourth-order valence-electron chi connectivity index (χ4n) is 2.91. The maximum absolute atomic E-state index is 9.13. The first kappa shape index (κ1) is 17.0. The molecule has 0 amide bonds. The molecule has 0 aliphatic heterocycles. The van der Waals surface area contributed by atoms with Crippen LogP contribution in [0, 0.1) is 11.3 Å². The molecule has 0 atom stereocenters. The Morgan fingerprint density at radius 1 is 0.667 bits per heavy atom. The molecule has 0 aliphatic rings. The van der Waals surface area contributed by atoms with Gasteiger partial charge >= 0.3 is 0 Å². The van der Waals surface area contributed by atoms with Crippen molar-refractivity contribution in [3.63, 3.8) is 0 Å². The van der Waals surface area contributed by atoms with Gasteiger partial charge in [-0.15, -0.1) is 0 Å². The molecule has 0 spiro atoms. The molecule has 3 aromatic carbocycles. The number of halogens is 1. The van der Waals surface area contributed by atoms with E-state index in [1.807, 2.05) is 72.8 Å². The topological polar surface area (TPSA) is 49.6 Å². The predicted octanol–water partition coefficient (Wildman–Crippen LogP) is 6.00. The summed E-state index contributed by atoms with van der Waals surface area (Å²) < 4.78 is 0. The lowest BCUT2D eigenvalue weighted by Crippen LogP contribution is -1.93. The van der Waals surface area contributed by atoms with Gasteiger partial charge in [0.1, 0.15) is 5.15 Å². The second-order valence-corrected chi connectivity index (χ2v) is 6.43. The van der Waals surface area contributed by atoms with Crippen molar-refractivity contribution in [1.29, 1.82) is 5.26 Å². The Labute approximate surface area is 162 Å². The van der Waals surface area contributed by atoms with Crippen LogP contribution in [0.25, 0.3) is 33.8 Å². The van der Waals surface area contributed by atoms with E-state index >= 15 is 0 Å². The largest absolute Gasteiger partial charge is 0.228 e. The van der Waals surface area contributed by atoms with Crippen LogP contribution < -0.4 is 0 Å². The zero-order chi connectivity index (χ0) is 18.6. The van der Waals surface area contributed by atoms with Crippen LogP contribution in [0.5, 0.6) is 0 Å². The molecule has 1 aromatic heterocycles. The monoisotopic (exact) mass is 367 g/mol. The van der Waals surface area contributed by atoms with Crippen molar-refractivity contribution >= 4 is 11.6 Å². The van der Waals surface area contributed by atoms with E-state index in [1.54, 1.807) is 12.1 Å². The first-order valence-electron chi connectivity index (χ1n) is 8.44.